The van der Waals surface area contributed by atoms with E-state index in [1.807, 2.05) is 0 Å². The summed E-state index contributed by atoms with van der Waals surface area (Å²) in [5.41, 5.74) is -1.27. The van der Waals surface area contributed by atoms with Gasteiger partial charge in [0.25, 0.3) is 5.69 Å². The Morgan fingerprint density at radius 2 is 1.95 bits per heavy atom. The Balaban J connectivity index is 2.16. The van der Waals surface area contributed by atoms with Gasteiger partial charge in [-0.25, -0.2) is 13.6 Å². The number of non-ortho nitro benzene ring substituents is 1. The van der Waals surface area contributed by atoms with Crippen LogP contribution in [-0.4, -0.2) is 16.0 Å². The van der Waals surface area contributed by atoms with Gasteiger partial charge in [0.2, 0.25) is 5.76 Å². The van der Waals surface area contributed by atoms with Crippen LogP contribution in [0, 0.1) is 21.7 Å². The third-order valence-electron chi connectivity index (χ3n) is 2.55. The van der Waals surface area contributed by atoms with Crippen LogP contribution in [0.2, 0.25) is 0 Å². The van der Waals surface area contributed by atoms with Gasteiger partial charge >= 0.3 is 5.97 Å². The maximum absolute atomic E-state index is 13.6. The van der Waals surface area contributed by atoms with E-state index in [0.717, 1.165) is 0 Å². The van der Waals surface area contributed by atoms with Crippen molar-refractivity contribution in [2.75, 3.05) is 5.32 Å². The number of hydrogen-bond donors (Lipinski definition) is 2. The number of rotatable bonds is 5. The monoisotopic (exact) mass is 298 g/mol. The first-order chi connectivity index (χ1) is 9.88. The number of anilines is 1. The number of nitro groups is 1. The van der Waals surface area contributed by atoms with E-state index in [4.69, 9.17) is 9.52 Å². The quantitative estimate of drug-likeness (QED) is 0.649. The Morgan fingerprint density at radius 3 is 2.43 bits per heavy atom. The molecule has 9 heteroatoms. The summed E-state index contributed by atoms with van der Waals surface area (Å²) in [6, 6.07) is 3.69. The molecule has 21 heavy (non-hydrogen) atoms. The number of nitro benzene ring substituents is 1. The number of furan rings is 1. The zero-order chi connectivity index (χ0) is 15.6. The van der Waals surface area contributed by atoms with Crippen molar-refractivity contribution in [2.24, 2.45) is 0 Å². The second-order valence-corrected chi connectivity index (χ2v) is 3.97. The molecule has 0 saturated heterocycles. The molecular weight excluding hydrogens is 290 g/mol. The largest absolute Gasteiger partial charge is 0.475 e. The average Bonchev–Trinajstić information content (AvgIpc) is 2.86. The first kappa shape index (κ1) is 14.4. The van der Waals surface area contributed by atoms with Gasteiger partial charge in [-0.2, -0.15) is 0 Å². The summed E-state index contributed by atoms with van der Waals surface area (Å²) in [5.74, 6) is -3.70. The van der Waals surface area contributed by atoms with E-state index >= 15 is 0 Å². The predicted molar refractivity (Wildman–Crippen MR) is 66.0 cm³/mol. The van der Waals surface area contributed by atoms with Crippen molar-refractivity contribution in [1.82, 2.24) is 0 Å². The van der Waals surface area contributed by atoms with Crippen molar-refractivity contribution in [2.45, 2.75) is 6.54 Å². The van der Waals surface area contributed by atoms with Crippen LogP contribution < -0.4 is 5.32 Å². The number of halogens is 2. The average molecular weight is 298 g/mol. The van der Waals surface area contributed by atoms with Crippen LogP contribution in [0.25, 0.3) is 0 Å². The van der Waals surface area contributed by atoms with E-state index in [9.17, 15) is 23.7 Å². The van der Waals surface area contributed by atoms with Gasteiger partial charge in [0.05, 0.1) is 23.6 Å². The van der Waals surface area contributed by atoms with Gasteiger partial charge in [0.1, 0.15) is 11.4 Å². The minimum atomic E-state index is -1.27. The minimum absolute atomic E-state index is 0.143. The van der Waals surface area contributed by atoms with Gasteiger partial charge in [0.15, 0.2) is 11.6 Å². The SMILES string of the molecule is O=C(O)c1ccc(CNc2c(F)cc([N+](=O)[O-])cc2F)o1. The normalized spacial score (nSPS) is 10.4. The molecule has 0 bridgehead atoms. The third kappa shape index (κ3) is 3.14. The lowest BCUT2D eigenvalue weighted by Gasteiger charge is -2.07. The number of benzene rings is 1. The van der Waals surface area contributed by atoms with E-state index in [-0.39, 0.29) is 18.1 Å². The minimum Gasteiger partial charge on any atom is -0.475 e. The lowest BCUT2D eigenvalue weighted by molar-refractivity contribution is -0.385. The molecule has 2 aromatic rings. The molecule has 1 aromatic heterocycles. The molecule has 0 saturated carbocycles. The predicted octanol–water partition coefficient (Wildman–Crippen LogP) is 2.78. The smallest absolute Gasteiger partial charge is 0.371 e. The fraction of sp³-hybridized carbons (Fsp3) is 0.0833. The summed E-state index contributed by atoms with van der Waals surface area (Å²) in [4.78, 5) is 20.1. The zero-order valence-corrected chi connectivity index (χ0v) is 10.3. The molecule has 110 valence electrons. The third-order valence-corrected chi connectivity index (χ3v) is 2.55. The van der Waals surface area contributed by atoms with Crippen LogP contribution >= 0.6 is 0 Å². The van der Waals surface area contributed by atoms with Crippen molar-refractivity contribution in [3.8, 4) is 0 Å². The Hall–Kier alpha value is -2.97. The lowest BCUT2D eigenvalue weighted by atomic mass is 10.2. The van der Waals surface area contributed by atoms with Crippen LogP contribution in [-0.2, 0) is 6.54 Å². The molecule has 0 aliphatic rings. The summed E-state index contributed by atoms with van der Waals surface area (Å²) in [6.07, 6.45) is 0. The Morgan fingerprint density at radius 1 is 1.33 bits per heavy atom. The van der Waals surface area contributed by atoms with Crippen LogP contribution in [0.4, 0.5) is 20.2 Å². The van der Waals surface area contributed by atoms with Crippen molar-refractivity contribution >= 4 is 17.3 Å². The number of hydrogen-bond acceptors (Lipinski definition) is 5. The van der Waals surface area contributed by atoms with Gasteiger partial charge in [-0.05, 0) is 12.1 Å². The van der Waals surface area contributed by atoms with Gasteiger partial charge < -0.3 is 14.8 Å². The molecule has 0 aliphatic heterocycles. The highest BCUT2D eigenvalue weighted by Crippen LogP contribution is 2.25. The number of nitrogens with one attached hydrogen (secondary N) is 1. The maximum Gasteiger partial charge on any atom is 0.371 e. The molecule has 0 aliphatic carbocycles. The fourth-order valence-electron chi connectivity index (χ4n) is 1.60. The van der Waals surface area contributed by atoms with Crippen LogP contribution in [0.15, 0.2) is 28.7 Å². The van der Waals surface area contributed by atoms with Crippen LogP contribution in [0.5, 0.6) is 0 Å². The first-order valence-corrected chi connectivity index (χ1v) is 5.58. The highest BCUT2D eigenvalue weighted by Gasteiger charge is 2.17. The second kappa shape index (κ2) is 5.57. The number of aromatic carboxylic acids is 1. The van der Waals surface area contributed by atoms with Crippen molar-refractivity contribution in [1.29, 1.82) is 0 Å². The van der Waals surface area contributed by atoms with E-state index in [1.165, 1.54) is 12.1 Å². The van der Waals surface area contributed by atoms with E-state index < -0.39 is 33.9 Å². The molecule has 1 heterocycles. The Labute approximate surface area is 116 Å². The number of nitrogens with zero attached hydrogens (tertiary/aromatic N) is 1. The number of carboxylic acids is 1. The lowest BCUT2D eigenvalue weighted by Crippen LogP contribution is -2.04. The molecule has 0 atom stereocenters. The van der Waals surface area contributed by atoms with Crippen molar-refractivity contribution in [3.63, 3.8) is 0 Å². The van der Waals surface area contributed by atoms with Gasteiger partial charge in [0, 0.05) is 0 Å². The molecule has 7 nitrogen and oxygen atoms in total. The summed E-state index contributed by atoms with van der Waals surface area (Å²) >= 11 is 0. The summed E-state index contributed by atoms with van der Waals surface area (Å²) in [7, 11) is 0. The van der Waals surface area contributed by atoms with Crippen molar-refractivity contribution < 1.29 is 28.0 Å². The molecule has 0 amide bonds. The molecule has 1 aromatic carbocycles. The summed E-state index contributed by atoms with van der Waals surface area (Å²) in [6.45, 7) is -0.182. The van der Waals surface area contributed by atoms with Gasteiger partial charge in [-0.15, -0.1) is 0 Å². The molecule has 2 rings (SSSR count). The Bertz CT molecular complexity index is 690. The molecule has 0 unspecified atom stereocenters. The van der Waals surface area contributed by atoms with Gasteiger partial charge in [-0.1, -0.05) is 0 Å². The maximum atomic E-state index is 13.6. The van der Waals surface area contributed by atoms with E-state index in [2.05, 4.69) is 5.32 Å². The van der Waals surface area contributed by atoms with E-state index in [1.54, 1.807) is 0 Å². The highest BCUT2D eigenvalue weighted by molar-refractivity contribution is 5.84. The Kier molecular flexibility index (Phi) is 3.83. The molecule has 0 spiro atoms. The van der Waals surface area contributed by atoms with E-state index in [0.29, 0.717) is 12.1 Å². The van der Waals surface area contributed by atoms with Crippen LogP contribution in [0.1, 0.15) is 16.3 Å². The summed E-state index contributed by atoms with van der Waals surface area (Å²) < 4.78 is 32.0. The number of carbonyl (C=O) groups is 1. The highest BCUT2D eigenvalue weighted by atomic mass is 19.1. The fourth-order valence-corrected chi connectivity index (χ4v) is 1.60. The standard InChI is InChI=1S/C12H8F2N2O5/c13-8-3-6(16(19)20)4-9(14)11(8)15-5-7-1-2-10(21-7)12(17)18/h1-4,15H,5H2,(H,17,18). The molecule has 0 radical (unpaired) electrons. The van der Waals surface area contributed by atoms with Crippen molar-refractivity contribution in [3.05, 3.63) is 57.5 Å². The zero-order valence-electron chi connectivity index (χ0n) is 10.3. The topological polar surface area (TPSA) is 106 Å². The first-order valence-electron chi connectivity index (χ1n) is 5.58. The summed E-state index contributed by atoms with van der Waals surface area (Å²) in [5, 5.41) is 21.5. The molecule has 2 N–H and O–H groups in total. The molecule has 0 fully saturated rings. The second-order valence-electron chi connectivity index (χ2n) is 3.97. The van der Waals surface area contributed by atoms with Crippen LogP contribution in [0.3, 0.4) is 0 Å². The molecular formula is C12H8F2N2O5. The van der Waals surface area contributed by atoms with Gasteiger partial charge in [-0.3, -0.25) is 10.1 Å². The number of carboxylic acid groups (broad SMARTS) is 1.